The van der Waals surface area contributed by atoms with Crippen molar-refractivity contribution in [2.24, 2.45) is 0 Å². The summed E-state index contributed by atoms with van der Waals surface area (Å²) in [5.41, 5.74) is 0.995. The van der Waals surface area contributed by atoms with Gasteiger partial charge in [-0.15, -0.1) is 0 Å². The number of aromatic nitrogens is 1. The second-order valence-electron chi connectivity index (χ2n) is 4.14. The Balaban J connectivity index is 2.06. The summed E-state index contributed by atoms with van der Waals surface area (Å²) in [6.45, 7) is 0. The number of fused-ring (bicyclic) bond motifs is 1. The maximum absolute atomic E-state index is 6.18. The lowest BCUT2D eigenvalue weighted by Gasteiger charge is -2.10. The number of nitrogens with one attached hydrogen (secondary N) is 1. The first-order valence-corrected chi connectivity index (χ1v) is 6.97. The first-order chi connectivity index (χ1) is 9.24. The Morgan fingerprint density at radius 2 is 1.84 bits per heavy atom. The van der Waals surface area contributed by atoms with Gasteiger partial charge in [0, 0.05) is 21.7 Å². The molecule has 1 aromatic heterocycles. The number of benzene rings is 2. The molecule has 1 heterocycles. The van der Waals surface area contributed by atoms with E-state index in [9.17, 15) is 0 Å². The van der Waals surface area contributed by atoms with Crippen molar-refractivity contribution < 1.29 is 0 Å². The van der Waals surface area contributed by atoms with Crippen LogP contribution in [0.2, 0.25) is 5.02 Å². The summed E-state index contributed by atoms with van der Waals surface area (Å²) in [4.78, 5) is 4.29. The molecule has 0 fully saturated rings. The number of hydrogen-bond donors (Lipinski definition) is 1. The second-order valence-corrected chi connectivity index (χ2v) is 5.46. The lowest BCUT2D eigenvalue weighted by atomic mass is 10.1. The highest BCUT2D eigenvalue weighted by molar-refractivity contribution is 9.10. The van der Waals surface area contributed by atoms with Gasteiger partial charge in [0.15, 0.2) is 0 Å². The molecule has 0 aliphatic rings. The third-order valence-corrected chi connectivity index (χ3v) is 3.57. The third kappa shape index (κ3) is 2.57. The molecule has 0 aliphatic heterocycles. The van der Waals surface area contributed by atoms with Gasteiger partial charge in [0.05, 0.1) is 5.02 Å². The van der Waals surface area contributed by atoms with Crippen molar-refractivity contribution in [2.45, 2.75) is 0 Å². The van der Waals surface area contributed by atoms with Crippen LogP contribution in [0.5, 0.6) is 0 Å². The van der Waals surface area contributed by atoms with Crippen LogP contribution in [0.15, 0.2) is 59.2 Å². The number of anilines is 2. The topological polar surface area (TPSA) is 24.9 Å². The molecule has 2 aromatic carbocycles. The maximum atomic E-state index is 6.18. The van der Waals surface area contributed by atoms with Gasteiger partial charge < -0.3 is 5.32 Å². The van der Waals surface area contributed by atoms with Crippen LogP contribution in [-0.2, 0) is 0 Å². The minimum atomic E-state index is 0.585. The van der Waals surface area contributed by atoms with Crippen LogP contribution >= 0.6 is 27.5 Å². The maximum Gasteiger partial charge on any atom is 0.149 e. The van der Waals surface area contributed by atoms with E-state index in [1.54, 1.807) is 6.20 Å². The van der Waals surface area contributed by atoms with E-state index in [1.165, 1.54) is 5.39 Å². The molecule has 0 saturated heterocycles. The summed E-state index contributed by atoms with van der Waals surface area (Å²) in [6, 6.07) is 16.1. The van der Waals surface area contributed by atoms with Crippen LogP contribution in [0.25, 0.3) is 10.8 Å². The van der Waals surface area contributed by atoms with Crippen molar-refractivity contribution in [2.75, 3.05) is 5.32 Å². The standard InChI is InChI=1S/C15H10BrClN2/c16-11-8-13(17)15(18-9-11)19-14-7-3-5-10-4-1-2-6-12(10)14/h1-9H,(H,18,19). The molecule has 3 aromatic rings. The van der Waals surface area contributed by atoms with Crippen LogP contribution < -0.4 is 5.32 Å². The van der Waals surface area contributed by atoms with Crippen molar-refractivity contribution in [3.8, 4) is 0 Å². The van der Waals surface area contributed by atoms with E-state index >= 15 is 0 Å². The van der Waals surface area contributed by atoms with Crippen LogP contribution in [-0.4, -0.2) is 4.98 Å². The van der Waals surface area contributed by atoms with Crippen LogP contribution in [0.4, 0.5) is 11.5 Å². The predicted molar refractivity (Wildman–Crippen MR) is 84.2 cm³/mol. The Bertz CT molecular complexity index is 738. The molecule has 0 atom stereocenters. The fraction of sp³-hybridized carbons (Fsp3) is 0. The van der Waals surface area contributed by atoms with Crippen molar-refractivity contribution in [3.63, 3.8) is 0 Å². The molecule has 94 valence electrons. The van der Waals surface area contributed by atoms with E-state index < -0.39 is 0 Å². The molecule has 1 N–H and O–H groups in total. The van der Waals surface area contributed by atoms with Crippen molar-refractivity contribution >= 4 is 49.8 Å². The first-order valence-electron chi connectivity index (χ1n) is 5.80. The minimum Gasteiger partial charge on any atom is -0.338 e. The van der Waals surface area contributed by atoms with Crippen LogP contribution in [0.1, 0.15) is 0 Å². The molecule has 0 bridgehead atoms. The van der Waals surface area contributed by atoms with Gasteiger partial charge in [-0.2, -0.15) is 0 Å². The molecule has 0 spiro atoms. The normalized spacial score (nSPS) is 10.6. The lowest BCUT2D eigenvalue weighted by Crippen LogP contribution is -1.95. The summed E-state index contributed by atoms with van der Waals surface area (Å²) >= 11 is 9.52. The summed E-state index contributed by atoms with van der Waals surface area (Å²) in [6.07, 6.45) is 1.72. The molecule has 0 unspecified atom stereocenters. The van der Waals surface area contributed by atoms with E-state index in [1.807, 2.05) is 30.3 Å². The molecular weight excluding hydrogens is 324 g/mol. The van der Waals surface area contributed by atoms with E-state index in [0.29, 0.717) is 10.8 Å². The molecule has 0 radical (unpaired) electrons. The Kier molecular flexibility index (Phi) is 3.40. The molecule has 0 amide bonds. The average Bonchev–Trinajstić information content (AvgIpc) is 2.42. The average molecular weight is 334 g/mol. The fourth-order valence-electron chi connectivity index (χ4n) is 1.97. The number of rotatable bonds is 2. The quantitative estimate of drug-likeness (QED) is 0.679. The van der Waals surface area contributed by atoms with Crippen molar-refractivity contribution in [1.82, 2.24) is 4.98 Å². The second kappa shape index (κ2) is 5.19. The number of hydrogen-bond acceptors (Lipinski definition) is 2. The number of pyridine rings is 1. The zero-order valence-electron chi connectivity index (χ0n) is 9.90. The summed E-state index contributed by atoms with van der Waals surface area (Å²) in [5, 5.41) is 6.19. The highest BCUT2D eigenvalue weighted by Crippen LogP contribution is 2.29. The van der Waals surface area contributed by atoms with Gasteiger partial charge in [-0.05, 0) is 33.4 Å². The molecular formula is C15H10BrClN2. The van der Waals surface area contributed by atoms with Gasteiger partial charge in [-0.25, -0.2) is 4.98 Å². The van der Waals surface area contributed by atoms with Gasteiger partial charge in [-0.1, -0.05) is 48.0 Å². The molecule has 0 aliphatic carbocycles. The summed E-state index contributed by atoms with van der Waals surface area (Å²) in [7, 11) is 0. The van der Waals surface area contributed by atoms with Crippen LogP contribution in [0.3, 0.4) is 0 Å². The van der Waals surface area contributed by atoms with E-state index in [4.69, 9.17) is 11.6 Å². The van der Waals surface area contributed by atoms with E-state index in [-0.39, 0.29) is 0 Å². The summed E-state index contributed by atoms with van der Waals surface area (Å²) in [5.74, 6) is 0.654. The van der Waals surface area contributed by atoms with E-state index in [2.05, 4.69) is 44.4 Å². The minimum absolute atomic E-state index is 0.585. The summed E-state index contributed by atoms with van der Waals surface area (Å²) < 4.78 is 0.862. The zero-order chi connectivity index (χ0) is 13.2. The van der Waals surface area contributed by atoms with Gasteiger partial charge >= 0.3 is 0 Å². The highest BCUT2D eigenvalue weighted by Gasteiger charge is 2.05. The number of halogens is 2. The first kappa shape index (κ1) is 12.5. The third-order valence-electron chi connectivity index (χ3n) is 2.85. The largest absolute Gasteiger partial charge is 0.338 e. The molecule has 19 heavy (non-hydrogen) atoms. The van der Waals surface area contributed by atoms with Crippen LogP contribution in [0, 0.1) is 0 Å². The molecule has 0 saturated carbocycles. The molecule has 3 rings (SSSR count). The van der Waals surface area contributed by atoms with Gasteiger partial charge in [0.1, 0.15) is 5.82 Å². The lowest BCUT2D eigenvalue weighted by molar-refractivity contribution is 1.30. The fourth-order valence-corrected chi connectivity index (χ4v) is 2.65. The van der Waals surface area contributed by atoms with Gasteiger partial charge in [0.25, 0.3) is 0 Å². The Hall–Kier alpha value is -1.58. The SMILES string of the molecule is Clc1cc(Br)cnc1Nc1cccc2ccccc12. The monoisotopic (exact) mass is 332 g/mol. The van der Waals surface area contributed by atoms with Crippen molar-refractivity contribution in [3.05, 3.63) is 64.2 Å². The Labute approximate surface area is 124 Å². The highest BCUT2D eigenvalue weighted by atomic mass is 79.9. The predicted octanol–water partition coefficient (Wildman–Crippen LogP) is 5.39. The Morgan fingerprint density at radius 1 is 1.05 bits per heavy atom. The smallest absolute Gasteiger partial charge is 0.149 e. The zero-order valence-corrected chi connectivity index (χ0v) is 12.2. The van der Waals surface area contributed by atoms with Gasteiger partial charge in [-0.3, -0.25) is 0 Å². The van der Waals surface area contributed by atoms with Gasteiger partial charge in [0.2, 0.25) is 0 Å². The van der Waals surface area contributed by atoms with Crippen molar-refractivity contribution in [1.29, 1.82) is 0 Å². The number of nitrogens with zero attached hydrogens (tertiary/aromatic N) is 1. The van der Waals surface area contributed by atoms with E-state index in [0.717, 1.165) is 15.5 Å². The molecule has 4 heteroatoms. The Morgan fingerprint density at radius 3 is 2.68 bits per heavy atom. The molecule has 2 nitrogen and oxygen atoms in total.